The van der Waals surface area contributed by atoms with Crippen molar-refractivity contribution >= 4 is 31.6 Å². The molecule has 1 fully saturated rings. The van der Waals surface area contributed by atoms with Crippen LogP contribution in [-0.2, 0) is 10.0 Å². The summed E-state index contributed by atoms with van der Waals surface area (Å²) in [5, 5.41) is 0. The van der Waals surface area contributed by atoms with Gasteiger partial charge in [0.15, 0.2) is 0 Å². The SMILES string of the molecule is O=S1(=O)CCCCN1c1ccc(Br)cc1F. The van der Waals surface area contributed by atoms with E-state index in [4.69, 9.17) is 0 Å². The van der Waals surface area contributed by atoms with Crippen LogP contribution in [0.1, 0.15) is 12.8 Å². The summed E-state index contributed by atoms with van der Waals surface area (Å²) in [6.07, 6.45) is 1.42. The van der Waals surface area contributed by atoms with Crippen molar-refractivity contribution in [3.63, 3.8) is 0 Å². The number of hydrogen-bond acceptors (Lipinski definition) is 2. The van der Waals surface area contributed by atoms with Gasteiger partial charge in [0.05, 0.1) is 11.4 Å². The number of halogens is 2. The van der Waals surface area contributed by atoms with Gasteiger partial charge in [-0.3, -0.25) is 4.31 Å². The molecule has 1 heterocycles. The number of sulfonamides is 1. The van der Waals surface area contributed by atoms with Crippen LogP contribution >= 0.6 is 15.9 Å². The molecule has 0 atom stereocenters. The predicted octanol–water partition coefficient (Wildman–Crippen LogP) is 2.52. The molecule has 0 saturated carbocycles. The van der Waals surface area contributed by atoms with Crippen molar-refractivity contribution in [2.45, 2.75) is 12.8 Å². The molecule has 88 valence electrons. The van der Waals surface area contributed by atoms with E-state index in [1.54, 1.807) is 6.07 Å². The quantitative estimate of drug-likeness (QED) is 0.799. The van der Waals surface area contributed by atoms with E-state index >= 15 is 0 Å². The van der Waals surface area contributed by atoms with Gasteiger partial charge in [0.25, 0.3) is 0 Å². The minimum atomic E-state index is -3.33. The molecule has 0 N–H and O–H groups in total. The molecule has 0 radical (unpaired) electrons. The van der Waals surface area contributed by atoms with Gasteiger partial charge in [0, 0.05) is 11.0 Å². The normalized spacial score (nSPS) is 19.8. The Morgan fingerprint density at radius 2 is 2.06 bits per heavy atom. The van der Waals surface area contributed by atoms with Gasteiger partial charge in [-0.05, 0) is 31.0 Å². The maximum atomic E-state index is 13.6. The van der Waals surface area contributed by atoms with Crippen molar-refractivity contribution < 1.29 is 12.8 Å². The molecule has 1 aliphatic rings. The van der Waals surface area contributed by atoms with Gasteiger partial charge in [-0.2, -0.15) is 0 Å². The van der Waals surface area contributed by atoms with Crippen LogP contribution in [-0.4, -0.2) is 20.7 Å². The predicted molar refractivity (Wildman–Crippen MR) is 64.5 cm³/mol. The first-order valence-corrected chi connectivity index (χ1v) is 7.36. The summed E-state index contributed by atoms with van der Waals surface area (Å²) in [6.45, 7) is 0.362. The van der Waals surface area contributed by atoms with Gasteiger partial charge in [-0.1, -0.05) is 15.9 Å². The smallest absolute Gasteiger partial charge is 0.235 e. The number of anilines is 1. The van der Waals surface area contributed by atoms with E-state index in [0.717, 1.165) is 10.7 Å². The zero-order valence-corrected chi connectivity index (χ0v) is 10.9. The molecule has 0 spiro atoms. The average Bonchev–Trinajstić information content (AvgIpc) is 2.19. The topological polar surface area (TPSA) is 37.4 Å². The molecule has 6 heteroatoms. The van der Waals surface area contributed by atoms with Crippen LogP contribution in [0.2, 0.25) is 0 Å². The molecule has 1 aliphatic heterocycles. The molecule has 1 aromatic carbocycles. The summed E-state index contributed by atoms with van der Waals surface area (Å²) in [5.74, 6) is -0.414. The fraction of sp³-hybridized carbons (Fsp3) is 0.400. The maximum absolute atomic E-state index is 13.6. The first-order valence-electron chi connectivity index (χ1n) is 4.96. The largest absolute Gasteiger partial charge is 0.267 e. The highest BCUT2D eigenvalue weighted by molar-refractivity contribution is 9.10. The van der Waals surface area contributed by atoms with Crippen molar-refractivity contribution in [3.8, 4) is 0 Å². The highest BCUT2D eigenvalue weighted by Gasteiger charge is 2.27. The fourth-order valence-corrected chi connectivity index (χ4v) is 3.72. The van der Waals surface area contributed by atoms with Crippen molar-refractivity contribution in [2.24, 2.45) is 0 Å². The Kier molecular flexibility index (Phi) is 3.21. The summed E-state index contributed by atoms with van der Waals surface area (Å²) in [6, 6.07) is 4.41. The van der Waals surface area contributed by atoms with Gasteiger partial charge in [-0.15, -0.1) is 0 Å². The van der Waals surface area contributed by atoms with E-state index in [9.17, 15) is 12.8 Å². The zero-order chi connectivity index (χ0) is 11.8. The van der Waals surface area contributed by atoms with Gasteiger partial charge < -0.3 is 0 Å². The van der Waals surface area contributed by atoms with Gasteiger partial charge in [0.1, 0.15) is 5.82 Å². The van der Waals surface area contributed by atoms with E-state index in [1.165, 1.54) is 12.1 Å². The van der Waals surface area contributed by atoms with Crippen LogP contribution in [0.4, 0.5) is 10.1 Å². The van der Waals surface area contributed by atoms with E-state index in [2.05, 4.69) is 15.9 Å². The van der Waals surface area contributed by atoms with Crippen LogP contribution in [0.3, 0.4) is 0 Å². The molecule has 0 aliphatic carbocycles. The second kappa shape index (κ2) is 4.33. The van der Waals surface area contributed by atoms with Crippen LogP contribution in [0.5, 0.6) is 0 Å². The number of nitrogens with zero attached hydrogens (tertiary/aromatic N) is 1. The summed E-state index contributed by atoms with van der Waals surface area (Å²) in [5.41, 5.74) is 0.142. The minimum Gasteiger partial charge on any atom is -0.267 e. The Labute approximate surface area is 102 Å². The Hall–Kier alpha value is -0.620. The highest BCUT2D eigenvalue weighted by Crippen LogP contribution is 2.28. The first-order chi connectivity index (χ1) is 7.50. The standard InChI is InChI=1S/C10H11BrFNO2S/c11-8-3-4-10(9(12)7-8)13-5-1-2-6-16(13,14)15/h3-4,7H,1-2,5-6H2. The third kappa shape index (κ3) is 2.22. The molecule has 0 aromatic heterocycles. The van der Waals surface area contributed by atoms with E-state index in [1.807, 2.05) is 0 Å². The summed E-state index contributed by atoms with van der Waals surface area (Å²) < 4.78 is 38.9. The lowest BCUT2D eigenvalue weighted by Gasteiger charge is -2.28. The summed E-state index contributed by atoms with van der Waals surface area (Å²) in [4.78, 5) is 0. The third-order valence-electron chi connectivity index (χ3n) is 2.53. The number of rotatable bonds is 1. The molecule has 0 bridgehead atoms. The van der Waals surface area contributed by atoms with Gasteiger partial charge in [0.2, 0.25) is 10.0 Å². The van der Waals surface area contributed by atoms with Crippen LogP contribution < -0.4 is 4.31 Å². The molecule has 0 amide bonds. The lowest BCUT2D eigenvalue weighted by atomic mass is 10.3. The Morgan fingerprint density at radius 3 is 2.69 bits per heavy atom. The van der Waals surface area contributed by atoms with Crippen molar-refractivity contribution in [1.29, 1.82) is 0 Å². The minimum absolute atomic E-state index is 0.0997. The first kappa shape index (κ1) is 11.9. The summed E-state index contributed by atoms with van der Waals surface area (Å²) >= 11 is 3.14. The average molecular weight is 308 g/mol. The lowest BCUT2D eigenvalue weighted by molar-refractivity contribution is 0.568. The summed E-state index contributed by atoms with van der Waals surface area (Å²) in [7, 11) is -3.33. The maximum Gasteiger partial charge on any atom is 0.235 e. The molecule has 16 heavy (non-hydrogen) atoms. The molecule has 2 rings (SSSR count). The van der Waals surface area contributed by atoms with Crippen LogP contribution in [0.25, 0.3) is 0 Å². The van der Waals surface area contributed by atoms with Gasteiger partial charge in [-0.25, -0.2) is 12.8 Å². The van der Waals surface area contributed by atoms with E-state index in [0.29, 0.717) is 17.4 Å². The third-order valence-corrected chi connectivity index (χ3v) is 4.88. The van der Waals surface area contributed by atoms with Gasteiger partial charge >= 0.3 is 0 Å². The number of benzene rings is 1. The van der Waals surface area contributed by atoms with Crippen LogP contribution in [0.15, 0.2) is 22.7 Å². The fourth-order valence-electron chi connectivity index (χ4n) is 1.74. The zero-order valence-electron chi connectivity index (χ0n) is 8.49. The lowest BCUT2D eigenvalue weighted by Crippen LogP contribution is -2.38. The van der Waals surface area contributed by atoms with Crippen molar-refractivity contribution in [1.82, 2.24) is 0 Å². The van der Waals surface area contributed by atoms with E-state index in [-0.39, 0.29) is 11.4 Å². The molecule has 1 saturated heterocycles. The van der Waals surface area contributed by atoms with Crippen LogP contribution in [0, 0.1) is 5.82 Å². The molecular weight excluding hydrogens is 297 g/mol. The Balaban J connectivity index is 2.43. The second-order valence-corrected chi connectivity index (χ2v) is 6.62. The molecular formula is C10H11BrFNO2S. The number of hydrogen-bond donors (Lipinski definition) is 0. The van der Waals surface area contributed by atoms with Crippen molar-refractivity contribution in [2.75, 3.05) is 16.6 Å². The molecule has 0 unspecified atom stereocenters. The monoisotopic (exact) mass is 307 g/mol. The Morgan fingerprint density at radius 1 is 1.31 bits per heavy atom. The Bertz CT molecular complexity index is 504. The second-order valence-electron chi connectivity index (χ2n) is 3.69. The highest BCUT2D eigenvalue weighted by atomic mass is 79.9. The van der Waals surface area contributed by atoms with E-state index < -0.39 is 15.8 Å². The molecule has 3 nitrogen and oxygen atoms in total. The molecule has 1 aromatic rings. The van der Waals surface area contributed by atoms with Crippen molar-refractivity contribution in [3.05, 3.63) is 28.5 Å².